The van der Waals surface area contributed by atoms with Gasteiger partial charge in [-0.1, -0.05) is 24.3 Å². The molecule has 3 N–H and O–H groups in total. The summed E-state index contributed by atoms with van der Waals surface area (Å²) in [6.07, 6.45) is 3.57. The topological polar surface area (TPSA) is 104 Å². The summed E-state index contributed by atoms with van der Waals surface area (Å²) in [4.78, 5) is 37.6. The van der Waals surface area contributed by atoms with Crippen molar-refractivity contribution >= 4 is 22.9 Å². The molecular weight excluding hydrogens is 286 g/mol. The lowest BCUT2D eigenvalue weighted by molar-refractivity contribution is -0.141. The Morgan fingerprint density at radius 3 is 2.82 bits per heavy atom. The number of hydrogen-bond acceptors (Lipinski definition) is 3. The van der Waals surface area contributed by atoms with Crippen LogP contribution in [-0.2, 0) is 16.1 Å². The molecule has 22 heavy (non-hydrogen) atoms. The molecule has 1 atom stereocenters. The lowest BCUT2D eigenvalue weighted by Crippen LogP contribution is -2.42. The summed E-state index contributed by atoms with van der Waals surface area (Å²) in [5, 5.41) is 11.5. The number of carbonyl (C=O) groups is 2. The highest BCUT2D eigenvalue weighted by Gasteiger charge is 2.19. The molecule has 0 aliphatic carbocycles. The highest BCUT2D eigenvalue weighted by molar-refractivity contribution is 5.85. The number of nitrogens with one attached hydrogen (secondary N) is 2. The number of amides is 1. The van der Waals surface area contributed by atoms with Gasteiger partial charge in [0, 0.05) is 0 Å². The SMILES string of the molecule is C/C=C/CC(NC(=O)Cn1c(=O)[nH]c2ccccc21)C(=O)O. The van der Waals surface area contributed by atoms with Crippen LogP contribution in [0.15, 0.2) is 41.2 Å². The molecule has 0 saturated heterocycles. The normalized spacial score (nSPS) is 12.6. The lowest BCUT2D eigenvalue weighted by atomic mass is 10.2. The van der Waals surface area contributed by atoms with Crippen LogP contribution in [0.25, 0.3) is 11.0 Å². The Balaban J connectivity index is 2.15. The molecule has 1 aromatic heterocycles. The predicted octanol–water partition coefficient (Wildman–Crippen LogP) is 0.865. The fraction of sp³-hybridized carbons (Fsp3) is 0.267. The zero-order chi connectivity index (χ0) is 16.1. The van der Waals surface area contributed by atoms with Gasteiger partial charge in [-0.15, -0.1) is 0 Å². The third kappa shape index (κ3) is 3.43. The molecule has 1 heterocycles. The number of allylic oxidation sites excluding steroid dienone is 1. The number of carboxylic acid groups (broad SMARTS) is 1. The molecule has 0 aliphatic rings. The van der Waals surface area contributed by atoms with Gasteiger partial charge in [0.05, 0.1) is 11.0 Å². The van der Waals surface area contributed by atoms with Crippen LogP contribution in [0, 0.1) is 0 Å². The molecule has 1 aromatic carbocycles. The number of para-hydroxylation sites is 2. The van der Waals surface area contributed by atoms with Crippen LogP contribution in [0.2, 0.25) is 0 Å². The first-order chi connectivity index (χ1) is 10.5. The minimum absolute atomic E-state index is 0.195. The zero-order valence-electron chi connectivity index (χ0n) is 12.1. The van der Waals surface area contributed by atoms with Crippen LogP contribution in [-0.4, -0.2) is 32.6 Å². The molecule has 116 valence electrons. The summed E-state index contributed by atoms with van der Waals surface area (Å²) in [5.41, 5.74) is 0.823. The van der Waals surface area contributed by atoms with E-state index in [0.29, 0.717) is 11.0 Å². The largest absolute Gasteiger partial charge is 0.480 e. The molecule has 7 heteroatoms. The van der Waals surface area contributed by atoms with Crippen molar-refractivity contribution in [3.63, 3.8) is 0 Å². The van der Waals surface area contributed by atoms with Crippen molar-refractivity contribution in [1.82, 2.24) is 14.9 Å². The van der Waals surface area contributed by atoms with Crippen molar-refractivity contribution in [1.29, 1.82) is 0 Å². The fourth-order valence-electron chi connectivity index (χ4n) is 2.14. The standard InChI is InChI=1S/C15H17N3O4/c1-2-3-6-11(14(20)21)16-13(19)9-18-12-8-5-4-7-10(12)17-15(18)22/h2-5,7-8,11H,6,9H2,1H3,(H,16,19)(H,17,22)(H,20,21)/b3-2+. The Hall–Kier alpha value is -2.83. The van der Waals surface area contributed by atoms with Crippen LogP contribution in [0.3, 0.4) is 0 Å². The minimum atomic E-state index is -1.11. The van der Waals surface area contributed by atoms with Crippen molar-refractivity contribution in [2.45, 2.75) is 25.9 Å². The third-order valence-corrected chi connectivity index (χ3v) is 3.22. The number of aromatic amines is 1. The van der Waals surface area contributed by atoms with Crippen molar-refractivity contribution in [3.05, 3.63) is 46.9 Å². The molecule has 0 aliphatic heterocycles. The van der Waals surface area contributed by atoms with Gasteiger partial charge in [0.1, 0.15) is 12.6 Å². The quantitative estimate of drug-likeness (QED) is 0.689. The molecule has 1 unspecified atom stereocenters. The number of aromatic nitrogens is 2. The van der Waals surface area contributed by atoms with E-state index in [0.717, 1.165) is 0 Å². The van der Waals surface area contributed by atoms with E-state index in [1.165, 1.54) is 4.57 Å². The summed E-state index contributed by atoms with van der Waals surface area (Å²) in [6, 6.07) is 5.98. The molecule has 0 fully saturated rings. The maximum atomic E-state index is 12.0. The van der Waals surface area contributed by atoms with Crippen molar-refractivity contribution < 1.29 is 14.7 Å². The Morgan fingerprint density at radius 2 is 2.14 bits per heavy atom. The van der Waals surface area contributed by atoms with Gasteiger partial charge in [0.15, 0.2) is 0 Å². The average Bonchev–Trinajstić information content (AvgIpc) is 2.79. The molecule has 2 aromatic rings. The maximum absolute atomic E-state index is 12.0. The predicted molar refractivity (Wildman–Crippen MR) is 81.6 cm³/mol. The van der Waals surface area contributed by atoms with Crippen LogP contribution in [0.1, 0.15) is 13.3 Å². The van der Waals surface area contributed by atoms with Crippen LogP contribution >= 0.6 is 0 Å². The smallest absolute Gasteiger partial charge is 0.326 e. The van der Waals surface area contributed by atoms with Crippen molar-refractivity contribution in [3.8, 4) is 0 Å². The number of fused-ring (bicyclic) bond motifs is 1. The maximum Gasteiger partial charge on any atom is 0.326 e. The first-order valence-corrected chi connectivity index (χ1v) is 6.83. The fourth-order valence-corrected chi connectivity index (χ4v) is 2.14. The number of carbonyl (C=O) groups excluding carboxylic acids is 1. The van der Waals surface area contributed by atoms with E-state index in [4.69, 9.17) is 5.11 Å². The van der Waals surface area contributed by atoms with Gasteiger partial charge in [-0.25, -0.2) is 9.59 Å². The van der Waals surface area contributed by atoms with Crippen molar-refractivity contribution in [2.75, 3.05) is 0 Å². The van der Waals surface area contributed by atoms with Gasteiger partial charge in [0.2, 0.25) is 5.91 Å². The highest BCUT2D eigenvalue weighted by atomic mass is 16.4. The second-order valence-corrected chi connectivity index (χ2v) is 4.80. The van der Waals surface area contributed by atoms with Gasteiger partial charge in [0.25, 0.3) is 0 Å². The number of imidazole rings is 1. The first kappa shape index (κ1) is 15.6. The Bertz CT molecular complexity index is 772. The van der Waals surface area contributed by atoms with E-state index in [1.807, 2.05) is 0 Å². The summed E-state index contributed by atoms with van der Waals surface area (Å²) in [7, 11) is 0. The van der Waals surface area contributed by atoms with E-state index in [-0.39, 0.29) is 13.0 Å². The number of rotatable bonds is 6. The Labute approximate surface area is 126 Å². The molecular formula is C15H17N3O4. The summed E-state index contributed by atoms with van der Waals surface area (Å²) >= 11 is 0. The Kier molecular flexibility index (Phi) is 4.77. The van der Waals surface area contributed by atoms with Gasteiger partial charge in [-0.2, -0.15) is 0 Å². The lowest BCUT2D eigenvalue weighted by Gasteiger charge is -2.12. The number of carboxylic acids is 1. The molecule has 0 bridgehead atoms. The monoisotopic (exact) mass is 303 g/mol. The molecule has 0 spiro atoms. The van der Waals surface area contributed by atoms with Gasteiger partial charge >= 0.3 is 11.7 Å². The Morgan fingerprint density at radius 1 is 1.41 bits per heavy atom. The van der Waals surface area contributed by atoms with Crippen molar-refractivity contribution in [2.24, 2.45) is 0 Å². The molecule has 7 nitrogen and oxygen atoms in total. The van der Waals surface area contributed by atoms with Crippen LogP contribution < -0.4 is 11.0 Å². The second-order valence-electron chi connectivity index (χ2n) is 4.80. The summed E-state index contributed by atoms with van der Waals surface area (Å²) in [6.45, 7) is 1.54. The van der Waals surface area contributed by atoms with E-state index < -0.39 is 23.6 Å². The third-order valence-electron chi connectivity index (χ3n) is 3.22. The second kappa shape index (κ2) is 6.75. The summed E-state index contributed by atoms with van der Waals surface area (Å²) < 4.78 is 1.28. The zero-order valence-corrected chi connectivity index (χ0v) is 12.1. The number of hydrogen-bond donors (Lipinski definition) is 3. The number of H-pyrrole nitrogens is 1. The van der Waals surface area contributed by atoms with Gasteiger partial charge in [-0.3, -0.25) is 9.36 Å². The molecule has 2 rings (SSSR count). The summed E-state index contributed by atoms with van der Waals surface area (Å²) in [5.74, 6) is -1.64. The first-order valence-electron chi connectivity index (χ1n) is 6.83. The number of nitrogens with zero attached hydrogens (tertiary/aromatic N) is 1. The van der Waals surface area contributed by atoms with E-state index >= 15 is 0 Å². The average molecular weight is 303 g/mol. The van der Waals surface area contributed by atoms with Gasteiger partial charge in [-0.05, 0) is 25.5 Å². The van der Waals surface area contributed by atoms with Gasteiger partial charge < -0.3 is 15.4 Å². The van der Waals surface area contributed by atoms with E-state index in [2.05, 4.69) is 10.3 Å². The van der Waals surface area contributed by atoms with Crippen LogP contribution in [0.5, 0.6) is 0 Å². The molecule has 0 saturated carbocycles. The molecule has 1 amide bonds. The van der Waals surface area contributed by atoms with E-state index in [1.54, 1.807) is 43.3 Å². The minimum Gasteiger partial charge on any atom is -0.480 e. The molecule has 0 radical (unpaired) electrons. The number of benzene rings is 1. The van der Waals surface area contributed by atoms with E-state index in [9.17, 15) is 14.4 Å². The number of aliphatic carboxylic acids is 1. The van der Waals surface area contributed by atoms with Crippen LogP contribution in [0.4, 0.5) is 0 Å². The highest BCUT2D eigenvalue weighted by Crippen LogP contribution is 2.08.